The highest BCUT2D eigenvalue weighted by Gasteiger charge is 2.26. The number of thioether (sulfide) groups is 1. The fourth-order valence-corrected chi connectivity index (χ4v) is 4.44. The smallest absolute Gasteiger partial charge is 0.148 e. The molecule has 21 heavy (non-hydrogen) atoms. The van der Waals surface area contributed by atoms with Crippen molar-refractivity contribution in [1.82, 2.24) is 14.9 Å². The molecule has 0 aliphatic carbocycles. The Morgan fingerprint density at radius 3 is 2.67 bits per heavy atom. The molecule has 2 fully saturated rings. The maximum Gasteiger partial charge on any atom is 0.148 e. The van der Waals surface area contributed by atoms with Gasteiger partial charge in [0, 0.05) is 25.2 Å². The molecule has 0 radical (unpaired) electrons. The van der Waals surface area contributed by atoms with Crippen LogP contribution in [0.3, 0.4) is 0 Å². The van der Waals surface area contributed by atoms with Gasteiger partial charge in [-0.25, -0.2) is 9.97 Å². The Kier molecular flexibility index (Phi) is 5.24. The SMILES string of the molecule is Cc1ncc(Cl)c(NC2CCN(C3CCSCC3)CC2)n1. The monoisotopic (exact) mass is 326 g/mol. The lowest BCUT2D eigenvalue weighted by Gasteiger charge is -2.39. The number of hydrogen-bond acceptors (Lipinski definition) is 5. The summed E-state index contributed by atoms with van der Waals surface area (Å²) in [5, 5.41) is 4.12. The van der Waals surface area contributed by atoms with Gasteiger partial charge in [-0.3, -0.25) is 0 Å². The molecule has 1 aromatic heterocycles. The summed E-state index contributed by atoms with van der Waals surface area (Å²) in [6.45, 7) is 4.27. The first-order chi connectivity index (χ1) is 10.2. The average Bonchev–Trinajstić information content (AvgIpc) is 2.53. The van der Waals surface area contributed by atoms with E-state index in [2.05, 4.69) is 31.9 Å². The van der Waals surface area contributed by atoms with Gasteiger partial charge in [0.05, 0.1) is 6.20 Å². The molecule has 0 unspecified atom stereocenters. The van der Waals surface area contributed by atoms with Crippen molar-refractivity contribution in [3.63, 3.8) is 0 Å². The van der Waals surface area contributed by atoms with E-state index in [0.717, 1.165) is 17.7 Å². The zero-order chi connectivity index (χ0) is 14.7. The predicted octanol–water partition coefficient (Wildman–Crippen LogP) is 3.21. The molecule has 0 aromatic carbocycles. The van der Waals surface area contributed by atoms with Crippen LogP contribution in [0.15, 0.2) is 6.20 Å². The molecule has 0 atom stereocenters. The highest BCUT2D eigenvalue weighted by molar-refractivity contribution is 7.99. The molecule has 4 nitrogen and oxygen atoms in total. The van der Waals surface area contributed by atoms with Gasteiger partial charge >= 0.3 is 0 Å². The number of anilines is 1. The summed E-state index contributed by atoms with van der Waals surface area (Å²) in [5.74, 6) is 4.22. The third-order valence-electron chi connectivity index (χ3n) is 4.44. The second-order valence-electron chi connectivity index (χ2n) is 5.91. The zero-order valence-electron chi connectivity index (χ0n) is 12.5. The third kappa shape index (κ3) is 4.02. The molecule has 6 heteroatoms. The molecule has 2 aliphatic heterocycles. The van der Waals surface area contributed by atoms with Crippen molar-refractivity contribution in [2.45, 2.75) is 44.7 Å². The minimum Gasteiger partial charge on any atom is -0.366 e. The minimum absolute atomic E-state index is 0.478. The summed E-state index contributed by atoms with van der Waals surface area (Å²) in [5.41, 5.74) is 0. The van der Waals surface area contributed by atoms with E-state index in [0.29, 0.717) is 11.1 Å². The molecule has 0 bridgehead atoms. The molecule has 2 aliphatic rings. The number of aromatic nitrogens is 2. The van der Waals surface area contributed by atoms with Gasteiger partial charge in [-0.15, -0.1) is 0 Å². The predicted molar refractivity (Wildman–Crippen MR) is 90.3 cm³/mol. The van der Waals surface area contributed by atoms with Gasteiger partial charge < -0.3 is 10.2 Å². The van der Waals surface area contributed by atoms with Crippen molar-refractivity contribution in [3.05, 3.63) is 17.0 Å². The van der Waals surface area contributed by atoms with Crippen molar-refractivity contribution < 1.29 is 0 Å². The van der Waals surface area contributed by atoms with Crippen LogP contribution in [0, 0.1) is 6.92 Å². The standard InChI is InChI=1S/C15H23ClN4S/c1-11-17-10-14(16)15(18-11)19-12-2-6-20(7-3-12)13-4-8-21-9-5-13/h10,12-13H,2-9H2,1H3,(H,17,18,19). The third-order valence-corrected chi connectivity index (χ3v) is 5.77. The Morgan fingerprint density at radius 1 is 1.24 bits per heavy atom. The van der Waals surface area contributed by atoms with E-state index < -0.39 is 0 Å². The van der Waals surface area contributed by atoms with Crippen LogP contribution in [0.2, 0.25) is 5.02 Å². The number of hydrogen-bond donors (Lipinski definition) is 1. The normalized spacial score (nSPS) is 22.4. The lowest BCUT2D eigenvalue weighted by atomic mass is 10.0. The molecule has 2 saturated heterocycles. The Labute approximate surface area is 136 Å². The lowest BCUT2D eigenvalue weighted by molar-refractivity contribution is 0.148. The van der Waals surface area contributed by atoms with E-state index in [1.807, 2.05) is 6.92 Å². The summed E-state index contributed by atoms with van der Waals surface area (Å²) < 4.78 is 0. The molecule has 0 saturated carbocycles. The first kappa shape index (κ1) is 15.4. The van der Waals surface area contributed by atoms with Crippen LogP contribution in [0.25, 0.3) is 0 Å². The average molecular weight is 327 g/mol. The largest absolute Gasteiger partial charge is 0.366 e. The molecular formula is C15H23ClN4S. The van der Waals surface area contributed by atoms with Gasteiger partial charge in [0.15, 0.2) is 0 Å². The number of aryl methyl sites for hydroxylation is 1. The first-order valence-electron chi connectivity index (χ1n) is 7.80. The zero-order valence-corrected chi connectivity index (χ0v) is 14.1. The number of likely N-dealkylation sites (tertiary alicyclic amines) is 1. The Balaban J connectivity index is 1.52. The molecule has 1 aromatic rings. The van der Waals surface area contributed by atoms with Gasteiger partial charge in [0.1, 0.15) is 16.7 Å². The molecule has 116 valence electrons. The fourth-order valence-electron chi connectivity index (χ4n) is 3.21. The van der Waals surface area contributed by atoms with Gasteiger partial charge in [0.2, 0.25) is 0 Å². The molecule has 1 N–H and O–H groups in total. The van der Waals surface area contributed by atoms with E-state index >= 15 is 0 Å². The Morgan fingerprint density at radius 2 is 1.95 bits per heavy atom. The molecule has 0 spiro atoms. The van der Waals surface area contributed by atoms with E-state index in [1.165, 1.54) is 50.3 Å². The van der Waals surface area contributed by atoms with Gasteiger partial charge in [-0.05, 0) is 44.1 Å². The number of piperidine rings is 1. The van der Waals surface area contributed by atoms with E-state index in [-0.39, 0.29) is 0 Å². The number of nitrogens with one attached hydrogen (secondary N) is 1. The lowest BCUT2D eigenvalue weighted by Crippen LogP contribution is -2.45. The topological polar surface area (TPSA) is 41.1 Å². The fraction of sp³-hybridized carbons (Fsp3) is 0.733. The van der Waals surface area contributed by atoms with Crippen molar-refractivity contribution in [2.75, 3.05) is 29.9 Å². The van der Waals surface area contributed by atoms with Gasteiger partial charge in [-0.2, -0.15) is 11.8 Å². The molecule has 3 rings (SSSR count). The van der Waals surface area contributed by atoms with Crippen LogP contribution in [0.4, 0.5) is 5.82 Å². The van der Waals surface area contributed by atoms with Crippen LogP contribution in [0.1, 0.15) is 31.5 Å². The molecule has 3 heterocycles. The quantitative estimate of drug-likeness (QED) is 0.923. The summed E-state index contributed by atoms with van der Waals surface area (Å²) in [7, 11) is 0. The van der Waals surface area contributed by atoms with E-state index in [1.54, 1.807) is 6.20 Å². The minimum atomic E-state index is 0.478. The van der Waals surface area contributed by atoms with Crippen LogP contribution >= 0.6 is 23.4 Å². The van der Waals surface area contributed by atoms with Crippen LogP contribution in [0.5, 0.6) is 0 Å². The van der Waals surface area contributed by atoms with Crippen molar-refractivity contribution in [3.8, 4) is 0 Å². The first-order valence-corrected chi connectivity index (χ1v) is 9.33. The Bertz CT molecular complexity index is 471. The van der Waals surface area contributed by atoms with Crippen LogP contribution in [-0.4, -0.2) is 51.5 Å². The number of halogens is 1. The van der Waals surface area contributed by atoms with Crippen LogP contribution < -0.4 is 5.32 Å². The van der Waals surface area contributed by atoms with Crippen molar-refractivity contribution in [1.29, 1.82) is 0 Å². The summed E-state index contributed by atoms with van der Waals surface area (Å²) in [6.07, 6.45) is 6.74. The highest BCUT2D eigenvalue weighted by Crippen LogP contribution is 2.26. The highest BCUT2D eigenvalue weighted by atomic mass is 35.5. The second-order valence-corrected chi connectivity index (χ2v) is 7.54. The maximum atomic E-state index is 6.17. The number of nitrogens with zero attached hydrogens (tertiary/aromatic N) is 3. The summed E-state index contributed by atoms with van der Waals surface area (Å²) in [6, 6.07) is 1.29. The molecule has 0 amide bonds. The van der Waals surface area contributed by atoms with Gasteiger partial charge in [0.25, 0.3) is 0 Å². The van der Waals surface area contributed by atoms with E-state index in [9.17, 15) is 0 Å². The summed E-state index contributed by atoms with van der Waals surface area (Å²) in [4.78, 5) is 11.2. The Hall–Kier alpha value is -0.520. The summed E-state index contributed by atoms with van der Waals surface area (Å²) >= 11 is 8.27. The molecular weight excluding hydrogens is 304 g/mol. The van der Waals surface area contributed by atoms with E-state index in [4.69, 9.17) is 11.6 Å². The van der Waals surface area contributed by atoms with Crippen molar-refractivity contribution in [2.24, 2.45) is 0 Å². The maximum absolute atomic E-state index is 6.17. The van der Waals surface area contributed by atoms with Crippen molar-refractivity contribution >= 4 is 29.2 Å². The number of rotatable bonds is 3. The second kappa shape index (κ2) is 7.16. The van der Waals surface area contributed by atoms with Crippen LogP contribution in [-0.2, 0) is 0 Å². The van der Waals surface area contributed by atoms with Gasteiger partial charge in [-0.1, -0.05) is 11.6 Å².